The van der Waals surface area contributed by atoms with E-state index in [1.54, 1.807) is 5.10 Å². The molecule has 0 unspecified atom stereocenters. The average molecular weight is 201 g/mol. The van der Waals surface area contributed by atoms with Gasteiger partial charge in [0.2, 0.25) is 4.77 Å². The second-order valence-corrected chi connectivity index (χ2v) is 2.33. The van der Waals surface area contributed by atoms with Crippen molar-refractivity contribution in [2.45, 2.75) is 12.3 Å². The lowest BCUT2D eigenvalue weighted by Gasteiger charge is -2.10. The Kier molecular flexibility index (Phi) is 2.18. The number of nitrogens with zero attached hydrogens (tertiary/aromatic N) is 1. The molecule has 0 saturated heterocycles. The van der Waals surface area contributed by atoms with E-state index in [0.717, 1.165) is 0 Å². The first-order chi connectivity index (χ1) is 5.44. The molecule has 0 radical (unpaired) electrons. The molecule has 8 heteroatoms. The lowest BCUT2D eigenvalue weighted by atomic mass is 10.3. The third-order valence-corrected chi connectivity index (χ3v) is 1.28. The normalized spacial score (nSPS) is 12.4. The summed E-state index contributed by atoms with van der Waals surface area (Å²) < 4.78 is 47.8. The Hall–Kier alpha value is -0.920. The largest absolute Gasteiger partial charge is 0.365 e. The number of hydrogen-bond acceptors (Lipinski definition) is 2. The molecular weight excluding hydrogens is 198 g/mol. The van der Waals surface area contributed by atoms with Gasteiger partial charge in [0, 0.05) is 0 Å². The summed E-state index contributed by atoms with van der Waals surface area (Å²) >= 11 is 4.31. The van der Waals surface area contributed by atoms with Gasteiger partial charge in [0.1, 0.15) is 0 Å². The van der Waals surface area contributed by atoms with E-state index in [-0.39, 0.29) is 4.77 Å². The van der Waals surface area contributed by atoms with Crippen molar-refractivity contribution < 1.29 is 17.6 Å². The van der Waals surface area contributed by atoms with Gasteiger partial charge in [-0.2, -0.15) is 13.8 Å². The van der Waals surface area contributed by atoms with E-state index in [4.69, 9.17) is 0 Å². The van der Waals surface area contributed by atoms with Crippen LogP contribution in [0.25, 0.3) is 0 Å². The van der Waals surface area contributed by atoms with Crippen LogP contribution in [0.15, 0.2) is 0 Å². The third-order valence-electron chi connectivity index (χ3n) is 1.09. The zero-order valence-corrected chi connectivity index (χ0v) is 6.26. The van der Waals surface area contributed by atoms with Crippen molar-refractivity contribution >= 4 is 12.2 Å². The highest BCUT2D eigenvalue weighted by Gasteiger charge is 2.45. The Balaban J connectivity index is 3.05. The molecule has 1 rings (SSSR count). The van der Waals surface area contributed by atoms with Crippen LogP contribution in [-0.2, 0) is 5.92 Å². The topological polar surface area (TPSA) is 44.5 Å². The summed E-state index contributed by atoms with van der Waals surface area (Å²) in [6, 6.07) is 0. The molecule has 0 saturated carbocycles. The Bertz CT molecular complexity index is 316. The van der Waals surface area contributed by atoms with Crippen molar-refractivity contribution in [2.75, 3.05) is 0 Å². The van der Waals surface area contributed by atoms with Crippen molar-refractivity contribution in [1.29, 1.82) is 0 Å². The van der Waals surface area contributed by atoms with Crippen LogP contribution in [0.5, 0.6) is 0 Å². The maximum Gasteiger partial charge on any atom is 0.365 e. The molecule has 1 aromatic rings. The van der Waals surface area contributed by atoms with Crippen LogP contribution < -0.4 is 0 Å². The number of hydrogen-bond donors (Lipinski definition) is 2. The molecule has 0 fully saturated rings. The van der Waals surface area contributed by atoms with E-state index in [1.807, 2.05) is 5.10 Å². The van der Waals surface area contributed by atoms with Crippen molar-refractivity contribution in [3.05, 3.63) is 10.6 Å². The van der Waals surface area contributed by atoms with Crippen molar-refractivity contribution in [3.8, 4) is 0 Å². The van der Waals surface area contributed by atoms with E-state index < -0.39 is 18.2 Å². The summed E-state index contributed by atoms with van der Waals surface area (Å²) in [4.78, 5) is 2.98. The van der Waals surface area contributed by atoms with E-state index in [0.29, 0.717) is 0 Å². The van der Waals surface area contributed by atoms with Gasteiger partial charge in [-0.05, 0) is 12.2 Å². The fourth-order valence-electron chi connectivity index (χ4n) is 0.531. The molecule has 0 aromatic carbocycles. The zero-order chi connectivity index (χ0) is 9.35. The summed E-state index contributed by atoms with van der Waals surface area (Å²) in [6.45, 7) is 0. The first-order valence-electron chi connectivity index (χ1n) is 2.75. The molecule has 68 valence electrons. The maximum atomic E-state index is 12.4. The second-order valence-electron chi connectivity index (χ2n) is 1.94. The Labute approximate surface area is 68.8 Å². The lowest BCUT2D eigenvalue weighted by Crippen LogP contribution is -2.25. The van der Waals surface area contributed by atoms with Gasteiger partial charge in [0.15, 0.2) is 5.82 Å². The number of rotatable bonds is 2. The highest BCUT2D eigenvalue weighted by Crippen LogP contribution is 2.31. The summed E-state index contributed by atoms with van der Waals surface area (Å²) in [5, 5.41) is 3.75. The standard InChI is InChI=1S/C4H3F4N3S/c5-1(6)4(7,8)2-9-3(12)11-10-2/h1H,(H2,9,10,11,12). The van der Waals surface area contributed by atoms with E-state index >= 15 is 0 Å². The van der Waals surface area contributed by atoms with E-state index in [2.05, 4.69) is 17.2 Å². The fraction of sp³-hybridized carbons (Fsp3) is 0.500. The molecule has 3 nitrogen and oxygen atoms in total. The van der Waals surface area contributed by atoms with Gasteiger partial charge in [-0.25, -0.2) is 8.78 Å². The van der Waals surface area contributed by atoms with Crippen LogP contribution in [0.1, 0.15) is 5.82 Å². The van der Waals surface area contributed by atoms with E-state index in [9.17, 15) is 17.6 Å². The molecule has 0 atom stereocenters. The molecule has 0 bridgehead atoms. The van der Waals surface area contributed by atoms with Crippen LogP contribution >= 0.6 is 12.2 Å². The summed E-state index contributed by atoms with van der Waals surface area (Å²) in [7, 11) is 0. The number of nitrogens with one attached hydrogen (secondary N) is 2. The SMILES string of the molecule is FC(F)C(F)(F)c1nc(=S)[nH][nH]1. The molecule has 0 spiro atoms. The number of aromatic amines is 2. The summed E-state index contributed by atoms with van der Waals surface area (Å²) in [5.74, 6) is -5.43. The molecule has 1 aromatic heterocycles. The minimum absolute atomic E-state index is 0.287. The molecule has 2 N–H and O–H groups in total. The number of aromatic nitrogens is 3. The predicted octanol–water partition coefficient (Wildman–Crippen LogP) is 1.82. The number of halogens is 4. The highest BCUT2D eigenvalue weighted by molar-refractivity contribution is 7.71. The number of H-pyrrole nitrogens is 2. The van der Waals surface area contributed by atoms with Crippen LogP contribution in [0.3, 0.4) is 0 Å². The van der Waals surface area contributed by atoms with Crippen LogP contribution in [-0.4, -0.2) is 21.6 Å². The van der Waals surface area contributed by atoms with Crippen LogP contribution in [0, 0.1) is 4.77 Å². The molecular formula is C4H3F4N3S. The minimum Gasteiger partial charge on any atom is -0.280 e. The van der Waals surface area contributed by atoms with Gasteiger partial charge in [-0.1, -0.05) is 0 Å². The van der Waals surface area contributed by atoms with E-state index in [1.165, 1.54) is 0 Å². The predicted molar refractivity (Wildman–Crippen MR) is 33.7 cm³/mol. The third kappa shape index (κ3) is 1.47. The van der Waals surface area contributed by atoms with Gasteiger partial charge < -0.3 is 0 Å². The molecule has 0 aliphatic heterocycles. The molecule has 0 amide bonds. The summed E-state index contributed by atoms with van der Waals surface area (Å²) in [6.07, 6.45) is -3.80. The molecule has 0 aliphatic carbocycles. The van der Waals surface area contributed by atoms with Gasteiger partial charge >= 0.3 is 12.3 Å². The monoisotopic (exact) mass is 201 g/mol. The minimum atomic E-state index is -4.28. The quantitative estimate of drug-likeness (QED) is 0.566. The van der Waals surface area contributed by atoms with Crippen molar-refractivity contribution in [3.63, 3.8) is 0 Å². The Morgan fingerprint density at radius 2 is 1.92 bits per heavy atom. The van der Waals surface area contributed by atoms with Crippen molar-refractivity contribution in [1.82, 2.24) is 15.2 Å². The average Bonchev–Trinajstić information content (AvgIpc) is 2.35. The van der Waals surface area contributed by atoms with Gasteiger partial charge in [-0.15, -0.1) is 0 Å². The smallest absolute Gasteiger partial charge is 0.280 e. The van der Waals surface area contributed by atoms with Crippen molar-refractivity contribution in [2.24, 2.45) is 0 Å². The van der Waals surface area contributed by atoms with Gasteiger partial charge in [0.25, 0.3) is 0 Å². The van der Waals surface area contributed by atoms with Gasteiger partial charge in [-0.3, -0.25) is 10.2 Å². The molecule has 12 heavy (non-hydrogen) atoms. The zero-order valence-electron chi connectivity index (χ0n) is 5.44. The Morgan fingerprint density at radius 1 is 1.33 bits per heavy atom. The highest BCUT2D eigenvalue weighted by atomic mass is 32.1. The van der Waals surface area contributed by atoms with Crippen LogP contribution in [0.2, 0.25) is 0 Å². The second kappa shape index (κ2) is 2.85. The van der Waals surface area contributed by atoms with Gasteiger partial charge in [0.05, 0.1) is 0 Å². The fourth-order valence-corrected chi connectivity index (χ4v) is 0.674. The maximum absolute atomic E-state index is 12.4. The molecule has 0 aliphatic rings. The first-order valence-corrected chi connectivity index (χ1v) is 3.16. The lowest BCUT2D eigenvalue weighted by molar-refractivity contribution is -0.140. The number of alkyl halides is 4. The summed E-state index contributed by atoms with van der Waals surface area (Å²) in [5.41, 5.74) is 0. The molecule has 1 heterocycles. The Morgan fingerprint density at radius 3 is 2.25 bits per heavy atom. The first kappa shape index (κ1) is 9.17. The van der Waals surface area contributed by atoms with Crippen LogP contribution in [0.4, 0.5) is 17.6 Å².